The summed E-state index contributed by atoms with van der Waals surface area (Å²) in [5, 5.41) is 4.53. The maximum absolute atomic E-state index is 5.60. The number of methoxy groups -OCH3 is 1. The van der Waals surface area contributed by atoms with E-state index in [4.69, 9.17) is 9.72 Å². The number of rotatable bonds is 4. The van der Waals surface area contributed by atoms with Crippen LogP contribution in [0.4, 0.5) is 11.8 Å². The maximum atomic E-state index is 5.60. The van der Waals surface area contributed by atoms with Crippen molar-refractivity contribution in [2.75, 3.05) is 37.5 Å². The van der Waals surface area contributed by atoms with Gasteiger partial charge in [0.05, 0.1) is 24.4 Å². The number of aromatic nitrogens is 4. The minimum Gasteiger partial charge on any atom is -0.481 e. The van der Waals surface area contributed by atoms with Crippen LogP contribution in [0.25, 0.3) is 0 Å². The van der Waals surface area contributed by atoms with E-state index in [1.165, 1.54) is 0 Å². The summed E-state index contributed by atoms with van der Waals surface area (Å²) >= 11 is 0. The zero-order chi connectivity index (χ0) is 17.4. The third kappa shape index (κ3) is 2.79. The van der Waals surface area contributed by atoms with E-state index < -0.39 is 0 Å². The van der Waals surface area contributed by atoms with Gasteiger partial charge in [-0.1, -0.05) is 0 Å². The zero-order valence-corrected chi connectivity index (χ0v) is 15.4. The van der Waals surface area contributed by atoms with Crippen molar-refractivity contribution in [1.82, 2.24) is 19.7 Å². The van der Waals surface area contributed by atoms with Crippen LogP contribution in [0.15, 0.2) is 6.07 Å². The van der Waals surface area contributed by atoms with E-state index in [1.54, 1.807) is 7.11 Å². The molecule has 1 fully saturated rings. The van der Waals surface area contributed by atoms with Crippen molar-refractivity contribution in [2.24, 2.45) is 7.05 Å². The molecule has 24 heavy (non-hydrogen) atoms. The van der Waals surface area contributed by atoms with Gasteiger partial charge >= 0.3 is 0 Å². The monoisotopic (exact) mass is 330 g/mol. The lowest BCUT2D eigenvalue weighted by Gasteiger charge is -2.26. The zero-order valence-electron chi connectivity index (χ0n) is 15.4. The van der Waals surface area contributed by atoms with Crippen LogP contribution in [0.1, 0.15) is 35.8 Å². The number of hydrogen-bond acceptors (Lipinski definition) is 6. The molecule has 0 aromatic carbocycles. The maximum Gasteiger partial charge on any atom is 0.228 e. The molecule has 7 heteroatoms. The topological polar surface area (TPSA) is 59.3 Å². The molecule has 1 saturated heterocycles. The summed E-state index contributed by atoms with van der Waals surface area (Å²) in [6, 6.07) is 2.20. The second-order valence-corrected chi connectivity index (χ2v) is 6.55. The van der Waals surface area contributed by atoms with E-state index >= 15 is 0 Å². The standard InChI is InChI=1S/C17H26N6O/c1-11-10-14(21(3)4)19-17(18-11)23-9-7-8-13(23)15-12(2)20-22(5)16(15)24-6/h10,13H,7-9H2,1-6H3/t13-/m1/s1. The van der Waals surface area contributed by atoms with Gasteiger partial charge < -0.3 is 14.5 Å². The molecule has 0 spiro atoms. The van der Waals surface area contributed by atoms with Gasteiger partial charge in [-0.15, -0.1) is 0 Å². The predicted octanol–water partition coefficient (Wildman–Crippen LogP) is 2.24. The normalized spacial score (nSPS) is 17.4. The number of ether oxygens (including phenoxy) is 1. The highest BCUT2D eigenvalue weighted by atomic mass is 16.5. The molecule has 130 valence electrons. The van der Waals surface area contributed by atoms with Crippen LogP contribution < -0.4 is 14.5 Å². The summed E-state index contributed by atoms with van der Waals surface area (Å²) < 4.78 is 7.41. The second kappa shape index (κ2) is 6.30. The van der Waals surface area contributed by atoms with Crippen molar-refractivity contribution in [3.05, 3.63) is 23.0 Å². The highest BCUT2D eigenvalue weighted by Crippen LogP contribution is 2.40. The summed E-state index contributed by atoms with van der Waals surface area (Å²) in [5.74, 6) is 2.54. The molecule has 2 aromatic rings. The number of nitrogens with zero attached hydrogens (tertiary/aromatic N) is 6. The highest BCUT2D eigenvalue weighted by molar-refractivity contribution is 5.49. The van der Waals surface area contributed by atoms with Crippen LogP contribution in [-0.2, 0) is 7.05 Å². The molecule has 7 nitrogen and oxygen atoms in total. The molecule has 0 N–H and O–H groups in total. The van der Waals surface area contributed by atoms with Crippen molar-refractivity contribution in [2.45, 2.75) is 32.7 Å². The van der Waals surface area contributed by atoms with Gasteiger partial charge in [-0.05, 0) is 26.7 Å². The van der Waals surface area contributed by atoms with Crippen molar-refractivity contribution < 1.29 is 4.74 Å². The van der Waals surface area contributed by atoms with Gasteiger partial charge in [-0.3, -0.25) is 0 Å². The van der Waals surface area contributed by atoms with Crippen molar-refractivity contribution in [1.29, 1.82) is 0 Å². The summed E-state index contributed by atoms with van der Waals surface area (Å²) in [7, 11) is 7.62. The first-order valence-electron chi connectivity index (χ1n) is 8.29. The molecule has 3 rings (SSSR count). The fourth-order valence-corrected chi connectivity index (χ4v) is 3.48. The molecule has 1 aliphatic rings. The highest BCUT2D eigenvalue weighted by Gasteiger charge is 2.34. The van der Waals surface area contributed by atoms with Crippen molar-refractivity contribution in [3.63, 3.8) is 0 Å². The van der Waals surface area contributed by atoms with E-state index in [9.17, 15) is 0 Å². The quantitative estimate of drug-likeness (QED) is 0.857. The molecule has 0 amide bonds. The van der Waals surface area contributed by atoms with E-state index in [1.807, 2.05) is 50.6 Å². The Balaban J connectivity index is 2.03. The third-order valence-corrected chi connectivity index (χ3v) is 4.54. The summed E-state index contributed by atoms with van der Waals surface area (Å²) in [6.45, 7) is 4.99. The summed E-state index contributed by atoms with van der Waals surface area (Å²) in [5.41, 5.74) is 3.13. The van der Waals surface area contributed by atoms with Crippen LogP contribution in [0.2, 0.25) is 0 Å². The first-order chi connectivity index (χ1) is 11.4. The molecule has 0 aliphatic carbocycles. The smallest absolute Gasteiger partial charge is 0.228 e. The van der Waals surface area contributed by atoms with Crippen LogP contribution in [-0.4, -0.2) is 47.5 Å². The minimum absolute atomic E-state index is 0.200. The van der Waals surface area contributed by atoms with Crippen LogP contribution in [0, 0.1) is 13.8 Å². The fourth-order valence-electron chi connectivity index (χ4n) is 3.48. The first kappa shape index (κ1) is 16.5. The molecule has 2 aromatic heterocycles. The fraction of sp³-hybridized carbons (Fsp3) is 0.588. The lowest BCUT2D eigenvalue weighted by molar-refractivity contribution is 0.366. The average Bonchev–Trinajstić information content (AvgIpc) is 3.09. The van der Waals surface area contributed by atoms with Gasteiger partial charge in [-0.25, -0.2) is 9.67 Å². The largest absolute Gasteiger partial charge is 0.481 e. The molecule has 1 aliphatic heterocycles. The van der Waals surface area contributed by atoms with Crippen LogP contribution in [0.5, 0.6) is 5.88 Å². The van der Waals surface area contributed by atoms with Crippen LogP contribution in [0.3, 0.4) is 0 Å². The van der Waals surface area contributed by atoms with Gasteiger partial charge in [0.25, 0.3) is 0 Å². The number of aryl methyl sites for hydroxylation is 3. The Morgan fingerprint density at radius 3 is 2.67 bits per heavy atom. The van der Waals surface area contributed by atoms with E-state index in [0.717, 1.165) is 54.0 Å². The molecular weight excluding hydrogens is 304 g/mol. The third-order valence-electron chi connectivity index (χ3n) is 4.54. The molecule has 3 heterocycles. The Kier molecular flexibility index (Phi) is 4.34. The second-order valence-electron chi connectivity index (χ2n) is 6.55. The van der Waals surface area contributed by atoms with Gasteiger partial charge in [0.1, 0.15) is 5.82 Å². The van der Waals surface area contributed by atoms with E-state index in [2.05, 4.69) is 15.0 Å². The van der Waals surface area contributed by atoms with Crippen LogP contribution >= 0.6 is 0 Å². The van der Waals surface area contributed by atoms with Gasteiger partial charge in [0.2, 0.25) is 11.8 Å². The number of anilines is 2. The van der Waals surface area contributed by atoms with Crippen molar-refractivity contribution in [3.8, 4) is 5.88 Å². The van der Waals surface area contributed by atoms with Crippen molar-refractivity contribution >= 4 is 11.8 Å². The molecule has 1 atom stereocenters. The van der Waals surface area contributed by atoms with Gasteiger partial charge in [-0.2, -0.15) is 10.1 Å². The Hall–Kier alpha value is -2.31. The Labute approximate surface area is 143 Å². The Morgan fingerprint density at radius 1 is 1.25 bits per heavy atom. The molecular formula is C17H26N6O. The average molecular weight is 330 g/mol. The summed E-state index contributed by atoms with van der Waals surface area (Å²) in [6.07, 6.45) is 2.16. The number of hydrogen-bond donors (Lipinski definition) is 0. The molecule has 0 bridgehead atoms. The minimum atomic E-state index is 0.200. The van der Waals surface area contributed by atoms with E-state index in [0.29, 0.717) is 0 Å². The predicted molar refractivity (Wildman–Crippen MR) is 94.9 cm³/mol. The first-order valence-corrected chi connectivity index (χ1v) is 8.29. The Bertz CT molecular complexity index is 739. The molecule has 0 saturated carbocycles. The lowest BCUT2D eigenvalue weighted by atomic mass is 10.1. The SMILES string of the molecule is COc1c([C@H]2CCCN2c2nc(C)cc(N(C)C)n2)c(C)nn1C. The van der Waals surface area contributed by atoms with Gasteiger partial charge in [0.15, 0.2) is 0 Å². The molecule has 0 radical (unpaired) electrons. The van der Waals surface area contributed by atoms with E-state index in [-0.39, 0.29) is 6.04 Å². The lowest BCUT2D eigenvalue weighted by Crippen LogP contribution is -2.26. The summed E-state index contributed by atoms with van der Waals surface area (Å²) in [4.78, 5) is 13.7. The van der Waals surface area contributed by atoms with Gasteiger partial charge in [0, 0.05) is 39.4 Å². The Morgan fingerprint density at radius 2 is 2.00 bits per heavy atom. The molecule has 0 unspecified atom stereocenters.